The first kappa shape index (κ1) is 8.44. The first-order valence-corrected chi connectivity index (χ1v) is 4.37. The highest BCUT2D eigenvalue weighted by atomic mass is 16.5. The molecule has 4 nitrogen and oxygen atoms in total. The Morgan fingerprint density at radius 2 is 2.62 bits per heavy atom. The van der Waals surface area contributed by atoms with Crippen molar-refractivity contribution in [3.63, 3.8) is 0 Å². The molecule has 1 unspecified atom stereocenters. The van der Waals surface area contributed by atoms with Crippen molar-refractivity contribution in [1.82, 2.24) is 9.78 Å². The second-order valence-electron chi connectivity index (χ2n) is 3.32. The molecule has 1 aliphatic rings. The van der Waals surface area contributed by atoms with Crippen LogP contribution in [-0.4, -0.2) is 29.3 Å². The third kappa shape index (κ3) is 1.49. The number of hydrogen-bond donors (Lipinski definition) is 0. The SMILES string of the molecule is Cn1cc(C=O)c(C2CCOC2)n1. The van der Waals surface area contributed by atoms with Gasteiger partial charge in [-0.25, -0.2) is 0 Å². The lowest BCUT2D eigenvalue weighted by molar-refractivity contribution is 0.112. The lowest BCUT2D eigenvalue weighted by atomic mass is 10.0. The number of hydrogen-bond acceptors (Lipinski definition) is 3. The first-order chi connectivity index (χ1) is 6.31. The number of carbonyl (C=O) groups is 1. The molecule has 13 heavy (non-hydrogen) atoms. The number of nitrogens with zero attached hydrogens (tertiary/aromatic N) is 2. The topological polar surface area (TPSA) is 44.1 Å². The monoisotopic (exact) mass is 180 g/mol. The van der Waals surface area contributed by atoms with Gasteiger partial charge in [0.1, 0.15) is 0 Å². The van der Waals surface area contributed by atoms with Crippen LogP contribution < -0.4 is 0 Å². The van der Waals surface area contributed by atoms with Gasteiger partial charge in [0.25, 0.3) is 0 Å². The summed E-state index contributed by atoms with van der Waals surface area (Å²) < 4.78 is 6.93. The van der Waals surface area contributed by atoms with Crippen LogP contribution in [0.15, 0.2) is 6.20 Å². The molecule has 2 heterocycles. The Labute approximate surface area is 76.5 Å². The van der Waals surface area contributed by atoms with E-state index in [0.29, 0.717) is 18.1 Å². The van der Waals surface area contributed by atoms with Crippen molar-refractivity contribution >= 4 is 6.29 Å². The van der Waals surface area contributed by atoms with Crippen LogP contribution >= 0.6 is 0 Å². The van der Waals surface area contributed by atoms with E-state index < -0.39 is 0 Å². The Bertz CT molecular complexity index is 313. The molecule has 1 fully saturated rings. The molecule has 2 rings (SSSR count). The van der Waals surface area contributed by atoms with Crippen LogP contribution in [0.3, 0.4) is 0 Å². The zero-order valence-corrected chi connectivity index (χ0v) is 7.56. The van der Waals surface area contributed by atoms with Gasteiger partial charge in [-0.3, -0.25) is 9.48 Å². The molecule has 1 aliphatic heterocycles. The van der Waals surface area contributed by atoms with Gasteiger partial charge >= 0.3 is 0 Å². The van der Waals surface area contributed by atoms with Gasteiger partial charge in [-0.15, -0.1) is 0 Å². The average Bonchev–Trinajstić information content (AvgIpc) is 2.71. The van der Waals surface area contributed by atoms with Crippen LogP contribution in [0.1, 0.15) is 28.4 Å². The van der Waals surface area contributed by atoms with Crippen molar-refractivity contribution in [1.29, 1.82) is 0 Å². The molecule has 70 valence electrons. The summed E-state index contributed by atoms with van der Waals surface area (Å²) in [5.74, 6) is 0.307. The largest absolute Gasteiger partial charge is 0.381 e. The summed E-state index contributed by atoms with van der Waals surface area (Å²) in [6.45, 7) is 1.47. The minimum absolute atomic E-state index is 0.307. The molecule has 0 N–H and O–H groups in total. The fraction of sp³-hybridized carbons (Fsp3) is 0.556. The molecular weight excluding hydrogens is 168 g/mol. The Hall–Kier alpha value is -1.16. The van der Waals surface area contributed by atoms with Crippen LogP contribution in [0, 0.1) is 0 Å². The van der Waals surface area contributed by atoms with E-state index in [1.807, 2.05) is 7.05 Å². The van der Waals surface area contributed by atoms with E-state index >= 15 is 0 Å². The van der Waals surface area contributed by atoms with Gasteiger partial charge in [-0.1, -0.05) is 0 Å². The Balaban J connectivity index is 2.31. The van der Waals surface area contributed by atoms with E-state index in [0.717, 1.165) is 25.0 Å². The number of carbonyl (C=O) groups excluding carboxylic acids is 1. The van der Waals surface area contributed by atoms with Crippen LogP contribution in [0.25, 0.3) is 0 Å². The predicted molar refractivity (Wildman–Crippen MR) is 46.8 cm³/mol. The normalized spacial score (nSPS) is 22.1. The maximum Gasteiger partial charge on any atom is 0.153 e. The van der Waals surface area contributed by atoms with Crippen molar-refractivity contribution in [2.24, 2.45) is 7.05 Å². The Morgan fingerprint density at radius 1 is 1.77 bits per heavy atom. The molecule has 0 aromatic carbocycles. The third-order valence-corrected chi connectivity index (χ3v) is 2.33. The fourth-order valence-electron chi connectivity index (χ4n) is 1.68. The highest BCUT2D eigenvalue weighted by Gasteiger charge is 2.23. The summed E-state index contributed by atoms with van der Waals surface area (Å²) in [5, 5.41) is 4.27. The number of aldehydes is 1. The van der Waals surface area contributed by atoms with E-state index in [-0.39, 0.29) is 0 Å². The molecule has 0 bridgehead atoms. The molecule has 1 aromatic heterocycles. The number of rotatable bonds is 2. The number of aryl methyl sites for hydroxylation is 1. The van der Waals surface area contributed by atoms with E-state index in [1.54, 1.807) is 10.9 Å². The fourth-order valence-corrected chi connectivity index (χ4v) is 1.68. The van der Waals surface area contributed by atoms with Crippen molar-refractivity contribution in [2.45, 2.75) is 12.3 Å². The van der Waals surface area contributed by atoms with Gasteiger partial charge in [0.2, 0.25) is 0 Å². The zero-order chi connectivity index (χ0) is 9.26. The molecule has 0 spiro atoms. The van der Waals surface area contributed by atoms with Gasteiger partial charge in [-0.2, -0.15) is 5.10 Å². The van der Waals surface area contributed by atoms with E-state index in [9.17, 15) is 4.79 Å². The van der Waals surface area contributed by atoms with Gasteiger partial charge in [0.05, 0.1) is 17.9 Å². The minimum Gasteiger partial charge on any atom is -0.381 e. The molecule has 0 amide bonds. The Morgan fingerprint density at radius 3 is 3.23 bits per heavy atom. The lowest BCUT2D eigenvalue weighted by Gasteiger charge is -2.02. The standard InChI is InChI=1S/C9H12N2O2/c1-11-4-8(5-12)9(10-11)7-2-3-13-6-7/h4-5,7H,2-3,6H2,1H3. The third-order valence-electron chi connectivity index (χ3n) is 2.33. The zero-order valence-electron chi connectivity index (χ0n) is 7.56. The Kier molecular flexibility index (Phi) is 2.14. The second-order valence-corrected chi connectivity index (χ2v) is 3.32. The lowest BCUT2D eigenvalue weighted by Crippen LogP contribution is -2.02. The van der Waals surface area contributed by atoms with Crippen LogP contribution in [0.4, 0.5) is 0 Å². The van der Waals surface area contributed by atoms with Gasteiger partial charge in [0.15, 0.2) is 6.29 Å². The molecule has 1 aromatic rings. The molecule has 1 atom stereocenters. The van der Waals surface area contributed by atoms with Crippen LogP contribution in [-0.2, 0) is 11.8 Å². The highest BCUT2D eigenvalue weighted by Crippen LogP contribution is 2.25. The van der Waals surface area contributed by atoms with Gasteiger partial charge < -0.3 is 4.74 Å². The summed E-state index contributed by atoms with van der Waals surface area (Å²) in [7, 11) is 1.83. The summed E-state index contributed by atoms with van der Waals surface area (Å²) in [6.07, 6.45) is 3.58. The summed E-state index contributed by atoms with van der Waals surface area (Å²) >= 11 is 0. The van der Waals surface area contributed by atoms with Crippen molar-refractivity contribution in [3.8, 4) is 0 Å². The number of ether oxygens (including phenoxy) is 1. The molecule has 0 radical (unpaired) electrons. The van der Waals surface area contributed by atoms with Crippen molar-refractivity contribution in [2.75, 3.05) is 13.2 Å². The van der Waals surface area contributed by atoms with E-state index in [4.69, 9.17) is 4.74 Å². The number of aromatic nitrogens is 2. The maximum atomic E-state index is 10.7. The molecular formula is C9H12N2O2. The summed E-state index contributed by atoms with van der Waals surface area (Å²) in [6, 6.07) is 0. The average molecular weight is 180 g/mol. The highest BCUT2D eigenvalue weighted by molar-refractivity contribution is 5.76. The smallest absolute Gasteiger partial charge is 0.153 e. The summed E-state index contributed by atoms with van der Waals surface area (Å²) in [5.41, 5.74) is 1.58. The minimum atomic E-state index is 0.307. The van der Waals surface area contributed by atoms with E-state index in [1.165, 1.54) is 0 Å². The molecule has 1 saturated heterocycles. The van der Waals surface area contributed by atoms with Crippen LogP contribution in [0.2, 0.25) is 0 Å². The second kappa shape index (κ2) is 3.30. The maximum absolute atomic E-state index is 10.7. The predicted octanol–water partition coefficient (Wildman–Crippen LogP) is 0.736. The van der Waals surface area contributed by atoms with Gasteiger partial charge in [0, 0.05) is 25.8 Å². The van der Waals surface area contributed by atoms with Crippen LogP contribution in [0.5, 0.6) is 0 Å². The molecule has 0 saturated carbocycles. The first-order valence-electron chi connectivity index (χ1n) is 4.37. The van der Waals surface area contributed by atoms with Gasteiger partial charge in [-0.05, 0) is 6.42 Å². The summed E-state index contributed by atoms with van der Waals surface area (Å²) in [4.78, 5) is 10.7. The van der Waals surface area contributed by atoms with Crippen molar-refractivity contribution in [3.05, 3.63) is 17.5 Å². The van der Waals surface area contributed by atoms with Crippen molar-refractivity contribution < 1.29 is 9.53 Å². The van der Waals surface area contributed by atoms with E-state index in [2.05, 4.69) is 5.10 Å². The molecule has 4 heteroatoms. The quantitative estimate of drug-likeness (QED) is 0.630. The molecule has 0 aliphatic carbocycles.